The number of furan rings is 1. The van der Waals surface area contributed by atoms with Crippen molar-refractivity contribution in [2.24, 2.45) is 0 Å². The smallest absolute Gasteiger partial charge is 0.387 e. The zero-order chi connectivity index (χ0) is 17.1. The minimum atomic E-state index is -2.90. The number of fused-ring (bicyclic) bond motifs is 1. The van der Waals surface area contributed by atoms with Gasteiger partial charge in [-0.3, -0.25) is 4.79 Å². The third-order valence-corrected chi connectivity index (χ3v) is 3.37. The molecule has 0 aliphatic carbocycles. The van der Waals surface area contributed by atoms with Crippen molar-refractivity contribution in [2.45, 2.75) is 13.5 Å². The van der Waals surface area contributed by atoms with Gasteiger partial charge in [0.25, 0.3) is 0 Å². The Hall–Kier alpha value is -2.89. The second-order valence-electron chi connectivity index (χ2n) is 4.98. The molecule has 0 N–H and O–H groups in total. The lowest BCUT2D eigenvalue weighted by Gasteiger charge is -2.04. The van der Waals surface area contributed by atoms with Crippen LogP contribution >= 0.6 is 0 Å². The number of hydrogen-bond donors (Lipinski definition) is 0. The van der Waals surface area contributed by atoms with Crippen LogP contribution in [0.5, 0.6) is 11.5 Å². The number of alkyl halides is 2. The number of halogens is 2. The third kappa shape index (κ3) is 3.37. The first-order valence-corrected chi connectivity index (χ1v) is 7.33. The van der Waals surface area contributed by atoms with Gasteiger partial charge < -0.3 is 13.9 Å². The van der Waals surface area contributed by atoms with E-state index in [1.807, 2.05) is 6.92 Å². The summed E-state index contributed by atoms with van der Waals surface area (Å²) in [5.41, 5.74) is 0.864. The highest BCUT2D eigenvalue weighted by Crippen LogP contribution is 2.26. The van der Waals surface area contributed by atoms with Gasteiger partial charge in [0, 0.05) is 17.0 Å². The van der Waals surface area contributed by atoms with Crippen LogP contribution in [0.1, 0.15) is 23.0 Å². The van der Waals surface area contributed by atoms with Crippen LogP contribution in [-0.2, 0) is 0 Å². The van der Waals surface area contributed by atoms with E-state index in [9.17, 15) is 13.6 Å². The van der Waals surface area contributed by atoms with Crippen LogP contribution in [0.3, 0.4) is 0 Å². The summed E-state index contributed by atoms with van der Waals surface area (Å²) < 4.78 is 39.5. The van der Waals surface area contributed by atoms with E-state index in [1.165, 1.54) is 24.3 Å². The van der Waals surface area contributed by atoms with Crippen molar-refractivity contribution < 1.29 is 27.5 Å². The largest absolute Gasteiger partial charge is 0.494 e. The molecule has 0 aliphatic heterocycles. The minimum Gasteiger partial charge on any atom is -0.494 e. The standard InChI is InChI=1S/C18H14F2O4/c1-2-22-14-8-5-12-9-16(24-15(12)10-14)17(21)11-3-6-13(7-4-11)23-18(19)20/h3-10,18H,2H2,1H3. The number of carbonyl (C=O) groups excluding carboxylic acids is 1. The maximum atomic E-state index is 12.4. The predicted octanol–water partition coefficient (Wildman–Crippen LogP) is 4.66. The molecule has 0 radical (unpaired) electrons. The molecule has 0 unspecified atom stereocenters. The van der Waals surface area contributed by atoms with Crippen LogP contribution in [0, 0.1) is 0 Å². The summed E-state index contributed by atoms with van der Waals surface area (Å²) in [7, 11) is 0. The van der Waals surface area contributed by atoms with Gasteiger partial charge in [0.15, 0.2) is 5.76 Å². The highest BCUT2D eigenvalue weighted by atomic mass is 19.3. The van der Waals surface area contributed by atoms with E-state index in [2.05, 4.69) is 4.74 Å². The van der Waals surface area contributed by atoms with Gasteiger partial charge in [0.1, 0.15) is 17.1 Å². The second-order valence-corrected chi connectivity index (χ2v) is 4.98. The normalized spacial score (nSPS) is 11.0. The highest BCUT2D eigenvalue weighted by Gasteiger charge is 2.15. The van der Waals surface area contributed by atoms with E-state index in [0.717, 1.165) is 5.39 Å². The lowest BCUT2D eigenvalue weighted by atomic mass is 10.1. The van der Waals surface area contributed by atoms with Crippen LogP contribution in [0.2, 0.25) is 0 Å². The molecule has 4 nitrogen and oxygen atoms in total. The van der Waals surface area contributed by atoms with Crippen molar-refractivity contribution in [3.8, 4) is 11.5 Å². The molecule has 2 aromatic carbocycles. The van der Waals surface area contributed by atoms with Gasteiger partial charge in [0.2, 0.25) is 5.78 Å². The molecule has 0 amide bonds. The average Bonchev–Trinajstić information content (AvgIpc) is 2.98. The molecule has 24 heavy (non-hydrogen) atoms. The molecule has 0 bridgehead atoms. The van der Waals surface area contributed by atoms with Gasteiger partial charge in [-0.1, -0.05) is 0 Å². The summed E-state index contributed by atoms with van der Waals surface area (Å²) in [4.78, 5) is 12.4. The molecular formula is C18H14F2O4. The monoisotopic (exact) mass is 332 g/mol. The lowest BCUT2D eigenvalue weighted by molar-refractivity contribution is -0.0498. The first-order valence-electron chi connectivity index (χ1n) is 7.33. The first kappa shape index (κ1) is 16.0. The quantitative estimate of drug-likeness (QED) is 0.616. The molecule has 3 aromatic rings. The van der Waals surface area contributed by atoms with Crippen LogP contribution in [-0.4, -0.2) is 19.0 Å². The number of ether oxygens (including phenoxy) is 2. The van der Waals surface area contributed by atoms with Gasteiger partial charge in [-0.25, -0.2) is 0 Å². The number of hydrogen-bond acceptors (Lipinski definition) is 4. The predicted molar refractivity (Wildman–Crippen MR) is 83.9 cm³/mol. The SMILES string of the molecule is CCOc1ccc2cc(C(=O)c3ccc(OC(F)F)cc3)oc2c1. The molecule has 0 fully saturated rings. The fourth-order valence-electron chi connectivity index (χ4n) is 2.31. The van der Waals surface area contributed by atoms with Crippen LogP contribution in [0.15, 0.2) is 52.9 Å². The second kappa shape index (κ2) is 6.70. The topological polar surface area (TPSA) is 48.7 Å². The first-order chi connectivity index (χ1) is 11.6. The van der Waals surface area contributed by atoms with Gasteiger partial charge in [-0.15, -0.1) is 0 Å². The molecule has 0 spiro atoms. The summed E-state index contributed by atoms with van der Waals surface area (Å²) in [6, 6.07) is 12.4. The number of carbonyl (C=O) groups is 1. The zero-order valence-electron chi connectivity index (χ0n) is 12.8. The van der Waals surface area contributed by atoms with Crippen molar-refractivity contribution in [3.05, 3.63) is 59.9 Å². The van der Waals surface area contributed by atoms with Gasteiger partial charge in [0.05, 0.1) is 6.61 Å². The summed E-state index contributed by atoms with van der Waals surface area (Å²) in [6.07, 6.45) is 0. The Morgan fingerprint density at radius 1 is 1.08 bits per heavy atom. The molecular weight excluding hydrogens is 318 g/mol. The lowest BCUT2D eigenvalue weighted by Crippen LogP contribution is -2.03. The Balaban J connectivity index is 1.85. The zero-order valence-corrected chi connectivity index (χ0v) is 12.8. The number of benzene rings is 2. The number of rotatable bonds is 6. The third-order valence-electron chi connectivity index (χ3n) is 3.37. The van der Waals surface area contributed by atoms with Crippen molar-refractivity contribution >= 4 is 16.8 Å². The fourth-order valence-corrected chi connectivity index (χ4v) is 2.31. The van der Waals surface area contributed by atoms with E-state index >= 15 is 0 Å². The van der Waals surface area contributed by atoms with E-state index in [-0.39, 0.29) is 17.3 Å². The maximum absolute atomic E-state index is 12.4. The van der Waals surface area contributed by atoms with Gasteiger partial charge in [-0.05, 0) is 49.4 Å². The van der Waals surface area contributed by atoms with Gasteiger partial charge in [-0.2, -0.15) is 8.78 Å². The van der Waals surface area contributed by atoms with Crippen LogP contribution < -0.4 is 9.47 Å². The molecule has 6 heteroatoms. The number of ketones is 1. The fraction of sp³-hybridized carbons (Fsp3) is 0.167. The van der Waals surface area contributed by atoms with Crippen molar-refractivity contribution in [2.75, 3.05) is 6.61 Å². The summed E-state index contributed by atoms with van der Waals surface area (Å²) in [5.74, 6) is 0.480. The molecule has 0 saturated heterocycles. The molecule has 1 heterocycles. The van der Waals surface area contributed by atoms with Crippen molar-refractivity contribution in [1.82, 2.24) is 0 Å². The Morgan fingerprint density at radius 3 is 2.46 bits per heavy atom. The summed E-state index contributed by atoms with van der Waals surface area (Å²) in [5, 5.41) is 0.777. The molecule has 0 aliphatic rings. The Labute approximate surface area is 136 Å². The Kier molecular flexibility index (Phi) is 4.46. The van der Waals surface area contributed by atoms with E-state index < -0.39 is 6.61 Å². The van der Waals surface area contributed by atoms with E-state index in [4.69, 9.17) is 9.15 Å². The van der Waals surface area contributed by atoms with E-state index in [0.29, 0.717) is 23.5 Å². The molecule has 1 aromatic heterocycles. The maximum Gasteiger partial charge on any atom is 0.387 e. The van der Waals surface area contributed by atoms with Crippen LogP contribution in [0.25, 0.3) is 11.0 Å². The van der Waals surface area contributed by atoms with E-state index in [1.54, 1.807) is 24.3 Å². The van der Waals surface area contributed by atoms with Crippen LogP contribution in [0.4, 0.5) is 8.78 Å². The average molecular weight is 332 g/mol. The van der Waals surface area contributed by atoms with Crippen molar-refractivity contribution in [3.63, 3.8) is 0 Å². The molecule has 0 saturated carbocycles. The molecule has 124 valence electrons. The highest BCUT2D eigenvalue weighted by molar-refractivity contribution is 6.09. The summed E-state index contributed by atoms with van der Waals surface area (Å²) >= 11 is 0. The van der Waals surface area contributed by atoms with Crippen molar-refractivity contribution in [1.29, 1.82) is 0 Å². The van der Waals surface area contributed by atoms with Gasteiger partial charge >= 0.3 is 6.61 Å². The molecule has 3 rings (SSSR count). The molecule has 0 atom stereocenters. The Morgan fingerprint density at radius 2 is 1.79 bits per heavy atom. The Bertz CT molecular complexity index is 853. The minimum absolute atomic E-state index is 0.00693. The summed E-state index contributed by atoms with van der Waals surface area (Å²) in [6.45, 7) is -0.491.